The molecule has 0 spiro atoms. The van der Waals surface area contributed by atoms with Gasteiger partial charge in [0, 0.05) is 11.8 Å². The topological polar surface area (TPSA) is 81.2 Å². The van der Waals surface area contributed by atoms with Crippen molar-refractivity contribution in [2.24, 2.45) is 0 Å². The van der Waals surface area contributed by atoms with E-state index in [0.717, 1.165) is 16.9 Å². The van der Waals surface area contributed by atoms with Crippen molar-refractivity contribution in [3.63, 3.8) is 0 Å². The summed E-state index contributed by atoms with van der Waals surface area (Å²) in [7, 11) is 3.21. The average Bonchev–Trinajstić information content (AvgIpc) is 2.62. The summed E-state index contributed by atoms with van der Waals surface area (Å²) in [6, 6.07) is 13.4. The van der Waals surface area contributed by atoms with Crippen molar-refractivity contribution in [3.8, 4) is 11.5 Å². The third kappa shape index (κ3) is 4.14. The monoisotopic (exact) mass is 337 g/mol. The van der Waals surface area contributed by atoms with Crippen molar-refractivity contribution >= 4 is 23.1 Å². The summed E-state index contributed by atoms with van der Waals surface area (Å²) in [5, 5.41) is 14.3. The molecule has 0 saturated heterocycles. The number of methoxy groups -OCH3 is 2. The molecule has 1 heterocycles. The molecule has 0 aliphatic rings. The van der Waals surface area contributed by atoms with Crippen LogP contribution >= 0.6 is 0 Å². The van der Waals surface area contributed by atoms with Crippen molar-refractivity contribution < 1.29 is 9.47 Å². The van der Waals surface area contributed by atoms with Crippen LogP contribution in [0.5, 0.6) is 11.5 Å². The van der Waals surface area contributed by atoms with Crippen LogP contribution in [0, 0.1) is 6.92 Å². The maximum atomic E-state index is 5.38. The molecule has 0 amide bonds. The predicted octanol–water partition coefficient (Wildman–Crippen LogP) is 3.68. The smallest absolute Gasteiger partial charge is 0.249 e. The lowest BCUT2D eigenvalue weighted by Gasteiger charge is -2.12. The Morgan fingerprint density at radius 2 is 1.84 bits per heavy atom. The van der Waals surface area contributed by atoms with E-state index in [2.05, 4.69) is 25.8 Å². The van der Waals surface area contributed by atoms with Gasteiger partial charge >= 0.3 is 0 Å². The SMILES string of the molecule is COc1ccc(Nc2cnnc(Nc3cccc(C)c3)n2)c(OC)c1. The second kappa shape index (κ2) is 7.48. The van der Waals surface area contributed by atoms with Gasteiger partial charge in [0.1, 0.15) is 11.5 Å². The molecular weight excluding hydrogens is 318 g/mol. The molecule has 7 heteroatoms. The van der Waals surface area contributed by atoms with Gasteiger partial charge in [-0.1, -0.05) is 12.1 Å². The minimum absolute atomic E-state index is 0.406. The Hall–Kier alpha value is -3.35. The Balaban J connectivity index is 1.80. The quantitative estimate of drug-likeness (QED) is 0.710. The summed E-state index contributed by atoms with van der Waals surface area (Å²) in [6.45, 7) is 2.03. The van der Waals surface area contributed by atoms with E-state index in [-0.39, 0.29) is 0 Å². The molecule has 2 aromatic carbocycles. The van der Waals surface area contributed by atoms with E-state index in [9.17, 15) is 0 Å². The Morgan fingerprint density at radius 3 is 2.60 bits per heavy atom. The molecule has 0 atom stereocenters. The number of hydrogen-bond acceptors (Lipinski definition) is 7. The van der Waals surface area contributed by atoms with E-state index in [4.69, 9.17) is 9.47 Å². The largest absolute Gasteiger partial charge is 0.497 e. The summed E-state index contributed by atoms with van der Waals surface area (Å²) in [5.74, 6) is 2.31. The summed E-state index contributed by atoms with van der Waals surface area (Å²) in [6.07, 6.45) is 1.55. The van der Waals surface area contributed by atoms with Crippen LogP contribution in [0.4, 0.5) is 23.1 Å². The Kier molecular flexibility index (Phi) is 4.94. The maximum Gasteiger partial charge on any atom is 0.249 e. The molecule has 25 heavy (non-hydrogen) atoms. The van der Waals surface area contributed by atoms with Crippen LogP contribution in [0.2, 0.25) is 0 Å². The Labute approximate surface area is 146 Å². The van der Waals surface area contributed by atoms with E-state index in [0.29, 0.717) is 23.3 Å². The molecular formula is C18H19N5O2. The highest BCUT2D eigenvalue weighted by molar-refractivity contribution is 5.66. The van der Waals surface area contributed by atoms with Crippen molar-refractivity contribution in [3.05, 3.63) is 54.2 Å². The minimum Gasteiger partial charge on any atom is -0.497 e. The van der Waals surface area contributed by atoms with E-state index in [1.54, 1.807) is 26.5 Å². The molecule has 128 valence electrons. The van der Waals surface area contributed by atoms with Gasteiger partial charge in [-0.05, 0) is 36.8 Å². The van der Waals surface area contributed by atoms with E-state index in [1.165, 1.54) is 0 Å². The number of nitrogens with one attached hydrogen (secondary N) is 2. The molecule has 0 bridgehead atoms. The van der Waals surface area contributed by atoms with Crippen molar-refractivity contribution in [2.45, 2.75) is 6.92 Å². The third-order valence-corrected chi connectivity index (χ3v) is 3.50. The second-order valence-electron chi connectivity index (χ2n) is 5.35. The first-order valence-electron chi connectivity index (χ1n) is 7.70. The molecule has 0 saturated carbocycles. The summed E-state index contributed by atoms with van der Waals surface area (Å²) < 4.78 is 10.6. The zero-order valence-corrected chi connectivity index (χ0v) is 14.3. The highest BCUT2D eigenvalue weighted by Crippen LogP contribution is 2.31. The van der Waals surface area contributed by atoms with Crippen molar-refractivity contribution in [2.75, 3.05) is 24.9 Å². The molecule has 0 aliphatic heterocycles. The standard InChI is InChI=1S/C18H19N5O2/c1-12-5-4-6-13(9-12)20-18-22-17(11-19-23-18)21-15-8-7-14(24-2)10-16(15)25-3/h4-11H,1-3H3,(H2,20,21,22,23). The number of aromatic nitrogens is 3. The van der Waals surface area contributed by atoms with Gasteiger partial charge in [0.2, 0.25) is 5.95 Å². The number of anilines is 4. The molecule has 3 rings (SSSR count). The number of ether oxygens (including phenoxy) is 2. The van der Waals surface area contributed by atoms with Crippen molar-refractivity contribution in [1.29, 1.82) is 0 Å². The van der Waals surface area contributed by atoms with Crippen LogP contribution in [-0.2, 0) is 0 Å². The number of rotatable bonds is 6. The first kappa shape index (κ1) is 16.5. The van der Waals surface area contributed by atoms with Crippen LogP contribution in [-0.4, -0.2) is 29.4 Å². The minimum atomic E-state index is 0.406. The lowest BCUT2D eigenvalue weighted by atomic mass is 10.2. The molecule has 3 aromatic rings. The lowest BCUT2D eigenvalue weighted by Crippen LogP contribution is -2.03. The van der Waals surface area contributed by atoms with Gasteiger partial charge in [-0.25, -0.2) is 0 Å². The third-order valence-electron chi connectivity index (χ3n) is 3.50. The Morgan fingerprint density at radius 1 is 0.960 bits per heavy atom. The highest BCUT2D eigenvalue weighted by atomic mass is 16.5. The molecule has 0 unspecified atom stereocenters. The maximum absolute atomic E-state index is 5.38. The summed E-state index contributed by atoms with van der Waals surface area (Å²) >= 11 is 0. The van der Waals surface area contributed by atoms with Crippen LogP contribution < -0.4 is 20.1 Å². The average molecular weight is 337 g/mol. The van der Waals surface area contributed by atoms with Crippen LogP contribution in [0.25, 0.3) is 0 Å². The van der Waals surface area contributed by atoms with E-state index in [1.807, 2.05) is 43.3 Å². The fourth-order valence-corrected chi connectivity index (χ4v) is 2.31. The fraction of sp³-hybridized carbons (Fsp3) is 0.167. The van der Waals surface area contributed by atoms with Crippen LogP contribution in [0.15, 0.2) is 48.7 Å². The zero-order chi connectivity index (χ0) is 17.6. The fourth-order valence-electron chi connectivity index (χ4n) is 2.31. The van der Waals surface area contributed by atoms with Gasteiger partial charge in [-0.3, -0.25) is 0 Å². The van der Waals surface area contributed by atoms with E-state index < -0.39 is 0 Å². The lowest BCUT2D eigenvalue weighted by molar-refractivity contribution is 0.395. The number of nitrogens with zero attached hydrogens (tertiary/aromatic N) is 3. The van der Waals surface area contributed by atoms with Gasteiger partial charge in [-0.2, -0.15) is 10.1 Å². The van der Waals surface area contributed by atoms with E-state index >= 15 is 0 Å². The van der Waals surface area contributed by atoms with Gasteiger partial charge in [-0.15, -0.1) is 5.10 Å². The molecule has 0 fully saturated rings. The molecule has 2 N–H and O–H groups in total. The predicted molar refractivity (Wildman–Crippen MR) is 97.1 cm³/mol. The number of benzene rings is 2. The second-order valence-corrected chi connectivity index (χ2v) is 5.35. The van der Waals surface area contributed by atoms with Crippen LogP contribution in [0.1, 0.15) is 5.56 Å². The first-order chi connectivity index (χ1) is 12.2. The Bertz CT molecular complexity index is 870. The first-order valence-corrected chi connectivity index (χ1v) is 7.70. The van der Waals surface area contributed by atoms with Gasteiger partial charge in [0.25, 0.3) is 0 Å². The molecule has 7 nitrogen and oxygen atoms in total. The molecule has 0 radical (unpaired) electrons. The van der Waals surface area contributed by atoms with Gasteiger partial charge < -0.3 is 20.1 Å². The molecule has 0 aliphatic carbocycles. The normalized spacial score (nSPS) is 10.2. The zero-order valence-electron chi connectivity index (χ0n) is 14.3. The summed E-state index contributed by atoms with van der Waals surface area (Å²) in [5.41, 5.74) is 2.81. The van der Waals surface area contributed by atoms with Gasteiger partial charge in [0.05, 0.1) is 26.1 Å². The summed E-state index contributed by atoms with van der Waals surface area (Å²) in [4.78, 5) is 4.43. The van der Waals surface area contributed by atoms with Crippen molar-refractivity contribution in [1.82, 2.24) is 15.2 Å². The molecule has 1 aromatic heterocycles. The highest BCUT2D eigenvalue weighted by Gasteiger charge is 2.08. The van der Waals surface area contributed by atoms with Crippen LogP contribution in [0.3, 0.4) is 0 Å². The number of aryl methyl sites for hydroxylation is 1. The van der Waals surface area contributed by atoms with Gasteiger partial charge in [0.15, 0.2) is 5.82 Å². The number of hydrogen-bond donors (Lipinski definition) is 2.